The van der Waals surface area contributed by atoms with Crippen LogP contribution in [0.4, 0.5) is 0 Å². The highest BCUT2D eigenvalue weighted by Gasteiger charge is 2.11. The fourth-order valence-corrected chi connectivity index (χ4v) is 2.84. The Morgan fingerprint density at radius 2 is 2.16 bits per heavy atom. The van der Waals surface area contributed by atoms with Gasteiger partial charge in [-0.05, 0) is 25.0 Å². The van der Waals surface area contributed by atoms with E-state index in [1.54, 1.807) is 0 Å². The molecule has 0 aliphatic heterocycles. The minimum atomic E-state index is -0.132. The fraction of sp³-hybridized carbons (Fsp3) is 0.286. The van der Waals surface area contributed by atoms with E-state index in [1.165, 1.54) is 17.8 Å². The predicted octanol–water partition coefficient (Wildman–Crippen LogP) is 2.64. The average Bonchev–Trinajstić information content (AvgIpc) is 2.37. The zero-order valence-corrected chi connectivity index (χ0v) is 11.8. The van der Waals surface area contributed by atoms with Crippen molar-refractivity contribution in [1.29, 1.82) is 0 Å². The van der Waals surface area contributed by atoms with Crippen LogP contribution >= 0.6 is 11.8 Å². The van der Waals surface area contributed by atoms with Crippen molar-refractivity contribution in [2.45, 2.75) is 36.4 Å². The number of hydrogen-bond acceptors (Lipinski definition) is 4. The standard InChI is InChI=1S/C14H17N3OS/c1-3-11(15)10-6-4-5-7-12(10)19-14-16-9(2)8-13(18)17-14/h4-8,11H,3,15H2,1-2H3,(H,16,17,18)/t11-/m0/s1. The van der Waals surface area contributed by atoms with Gasteiger partial charge in [-0.1, -0.05) is 36.9 Å². The van der Waals surface area contributed by atoms with Crippen LogP contribution in [-0.2, 0) is 0 Å². The van der Waals surface area contributed by atoms with E-state index in [0.717, 1.165) is 16.9 Å². The lowest BCUT2D eigenvalue weighted by Gasteiger charge is -2.13. The van der Waals surface area contributed by atoms with Gasteiger partial charge in [-0.3, -0.25) is 4.79 Å². The average molecular weight is 275 g/mol. The van der Waals surface area contributed by atoms with Crippen molar-refractivity contribution in [3.05, 3.63) is 51.9 Å². The van der Waals surface area contributed by atoms with E-state index in [1.807, 2.05) is 31.2 Å². The number of aryl methyl sites for hydroxylation is 1. The minimum Gasteiger partial charge on any atom is -0.324 e. The van der Waals surface area contributed by atoms with Crippen molar-refractivity contribution in [3.8, 4) is 0 Å². The smallest absolute Gasteiger partial charge is 0.251 e. The maximum Gasteiger partial charge on any atom is 0.251 e. The summed E-state index contributed by atoms with van der Waals surface area (Å²) in [5, 5.41) is 0.598. The maximum atomic E-state index is 11.4. The highest BCUT2D eigenvalue weighted by molar-refractivity contribution is 7.99. The molecule has 0 saturated heterocycles. The first kappa shape index (κ1) is 13.8. The molecule has 100 valence electrons. The van der Waals surface area contributed by atoms with Crippen LogP contribution in [0.2, 0.25) is 0 Å². The summed E-state index contributed by atoms with van der Waals surface area (Å²) in [5.74, 6) is 0. The van der Waals surface area contributed by atoms with Crippen LogP contribution in [-0.4, -0.2) is 9.97 Å². The van der Waals surface area contributed by atoms with Crippen molar-refractivity contribution in [2.24, 2.45) is 5.73 Å². The SMILES string of the molecule is CC[C@H](N)c1ccccc1Sc1nc(C)cc(=O)[nH]1. The lowest BCUT2D eigenvalue weighted by molar-refractivity contribution is 0.685. The molecular formula is C14H17N3OS. The van der Waals surface area contributed by atoms with Crippen LogP contribution < -0.4 is 11.3 Å². The summed E-state index contributed by atoms with van der Waals surface area (Å²) in [5.41, 5.74) is 7.76. The van der Waals surface area contributed by atoms with Gasteiger partial charge >= 0.3 is 0 Å². The number of rotatable bonds is 4. The van der Waals surface area contributed by atoms with E-state index in [9.17, 15) is 4.79 Å². The summed E-state index contributed by atoms with van der Waals surface area (Å²) < 4.78 is 0. The van der Waals surface area contributed by atoms with E-state index in [0.29, 0.717) is 10.9 Å². The third-order valence-electron chi connectivity index (χ3n) is 2.81. The number of aromatic nitrogens is 2. The number of nitrogens with zero attached hydrogens (tertiary/aromatic N) is 1. The van der Waals surface area contributed by atoms with Crippen molar-refractivity contribution in [1.82, 2.24) is 9.97 Å². The van der Waals surface area contributed by atoms with E-state index >= 15 is 0 Å². The molecule has 1 aromatic carbocycles. The quantitative estimate of drug-likeness (QED) is 0.841. The van der Waals surface area contributed by atoms with Gasteiger partial charge in [0.1, 0.15) is 0 Å². The molecule has 0 aliphatic carbocycles. The molecule has 3 N–H and O–H groups in total. The molecule has 1 atom stereocenters. The highest BCUT2D eigenvalue weighted by atomic mass is 32.2. The molecule has 1 heterocycles. The van der Waals surface area contributed by atoms with E-state index in [-0.39, 0.29) is 11.6 Å². The van der Waals surface area contributed by atoms with E-state index < -0.39 is 0 Å². The van der Waals surface area contributed by atoms with Gasteiger partial charge in [-0.25, -0.2) is 4.98 Å². The predicted molar refractivity (Wildman–Crippen MR) is 77.4 cm³/mol. The zero-order chi connectivity index (χ0) is 13.8. The number of benzene rings is 1. The van der Waals surface area contributed by atoms with Crippen molar-refractivity contribution >= 4 is 11.8 Å². The van der Waals surface area contributed by atoms with Crippen molar-refractivity contribution in [2.75, 3.05) is 0 Å². The molecule has 0 bridgehead atoms. The third-order valence-corrected chi connectivity index (χ3v) is 3.79. The van der Waals surface area contributed by atoms with Gasteiger partial charge in [-0.2, -0.15) is 0 Å². The summed E-state index contributed by atoms with van der Waals surface area (Å²) in [6.07, 6.45) is 0.870. The molecule has 0 radical (unpaired) electrons. The van der Waals surface area contributed by atoms with Crippen LogP contribution in [0.1, 0.15) is 30.6 Å². The fourth-order valence-electron chi connectivity index (χ4n) is 1.80. The Morgan fingerprint density at radius 3 is 2.84 bits per heavy atom. The van der Waals surface area contributed by atoms with Crippen LogP contribution in [0, 0.1) is 6.92 Å². The second-order valence-electron chi connectivity index (χ2n) is 4.35. The van der Waals surface area contributed by atoms with Gasteiger partial charge in [0.05, 0.1) is 0 Å². The summed E-state index contributed by atoms with van der Waals surface area (Å²) in [6.45, 7) is 3.86. The lowest BCUT2D eigenvalue weighted by atomic mass is 10.1. The normalized spacial score (nSPS) is 12.4. The van der Waals surface area contributed by atoms with Crippen LogP contribution in [0.5, 0.6) is 0 Å². The van der Waals surface area contributed by atoms with Crippen molar-refractivity contribution < 1.29 is 0 Å². The topological polar surface area (TPSA) is 71.8 Å². The molecule has 2 rings (SSSR count). The molecule has 2 aromatic rings. The van der Waals surface area contributed by atoms with Crippen LogP contribution in [0.25, 0.3) is 0 Å². The molecule has 0 aliphatic rings. The second kappa shape index (κ2) is 6.04. The van der Waals surface area contributed by atoms with Gasteiger partial charge < -0.3 is 10.7 Å². The Balaban J connectivity index is 2.35. The Hall–Kier alpha value is -1.59. The molecule has 0 unspecified atom stereocenters. The molecule has 5 heteroatoms. The highest BCUT2D eigenvalue weighted by Crippen LogP contribution is 2.31. The Labute approximate surface area is 116 Å². The molecule has 1 aromatic heterocycles. The first-order valence-electron chi connectivity index (χ1n) is 6.20. The largest absolute Gasteiger partial charge is 0.324 e. The summed E-state index contributed by atoms with van der Waals surface area (Å²) in [7, 11) is 0. The zero-order valence-electron chi connectivity index (χ0n) is 11.0. The molecule has 4 nitrogen and oxygen atoms in total. The first-order chi connectivity index (χ1) is 9.10. The van der Waals surface area contributed by atoms with Gasteiger partial charge in [0.2, 0.25) is 0 Å². The number of H-pyrrole nitrogens is 1. The lowest BCUT2D eigenvalue weighted by Crippen LogP contribution is -2.11. The first-order valence-corrected chi connectivity index (χ1v) is 7.02. The molecule has 19 heavy (non-hydrogen) atoms. The molecular weight excluding hydrogens is 258 g/mol. The Kier molecular flexibility index (Phi) is 4.39. The maximum absolute atomic E-state index is 11.4. The van der Waals surface area contributed by atoms with Crippen LogP contribution in [0.3, 0.4) is 0 Å². The molecule has 0 spiro atoms. The Morgan fingerprint density at radius 1 is 1.42 bits per heavy atom. The number of hydrogen-bond donors (Lipinski definition) is 2. The van der Waals surface area contributed by atoms with E-state index in [4.69, 9.17) is 5.73 Å². The Bertz CT molecular complexity index is 624. The molecule has 0 fully saturated rings. The summed E-state index contributed by atoms with van der Waals surface area (Å²) >= 11 is 1.44. The van der Waals surface area contributed by atoms with Crippen LogP contribution in [0.15, 0.2) is 45.2 Å². The number of nitrogens with one attached hydrogen (secondary N) is 1. The second-order valence-corrected chi connectivity index (χ2v) is 5.38. The van der Waals surface area contributed by atoms with Gasteiger partial charge in [0.15, 0.2) is 5.16 Å². The molecule has 0 saturated carbocycles. The van der Waals surface area contributed by atoms with Gasteiger partial charge in [-0.15, -0.1) is 0 Å². The number of aromatic amines is 1. The van der Waals surface area contributed by atoms with Gasteiger partial charge in [0.25, 0.3) is 5.56 Å². The summed E-state index contributed by atoms with van der Waals surface area (Å²) in [6, 6.07) is 9.43. The minimum absolute atomic E-state index is 0.000214. The third kappa shape index (κ3) is 3.45. The van der Waals surface area contributed by atoms with Gasteiger partial charge in [0, 0.05) is 22.7 Å². The molecule has 0 amide bonds. The number of nitrogens with two attached hydrogens (primary N) is 1. The summed E-state index contributed by atoms with van der Waals surface area (Å²) in [4.78, 5) is 19.5. The van der Waals surface area contributed by atoms with E-state index in [2.05, 4.69) is 16.9 Å². The van der Waals surface area contributed by atoms with Crippen molar-refractivity contribution in [3.63, 3.8) is 0 Å². The monoisotopic (exact) mass is 275 g/mol.